The SMILES string of the molecule is CCCCCCCCCCCCCCCc1cc(C#CCOC(=O)CCCN2CCN(CCO)CC2)cc(OCC(CC)CCCC)c1. The van der Waals surface area contributed by atoms with Crippen LogP contribution in [-0.2, 0) is 16.0 Å². The normalized spacial score (nSPS) is 14.4. The van der Waals surface area contributed by atoms with E-state index in [0.717, 1.165) is 76.5 Å². The van der Waals surface area contributed by atoms with Crippen molar-refractivity contribution in [1.29, 1.82) is 0 Å². The van der Waals surface area contributed by atoms with Gasteiger partial charge in [0.25, 0.3) is 0 Å². The van der Waals surface area contributed by atoms with Crippen molar-refractivity contribution in [2.75, 3.05) is 59.1 Å². The lowest BCUT2D eigenvalue weighted by Gasteiger charge is -2.34. The standard InChI is InChI=1S/C42H72N2O4/c1-4-7-9-10-11-12-13-14-15-16-17-18-19-23-39-34-40(36-41(35-39)48-37-38(6-3)22-8-5-2)24-21-33-47-42(46)25-20-26-43-27-29-44(30-28-43)31-32-45/h34-36,38,45H,4-20,22-23,25-33,37H2,1-3H3. The summed E-state index contributed by atoms with van der Waals surface area (Å²) in [7, 11) is 0. The van der Waals surface area contributed by atoms with Gasteiger partial charge in [-0.3, -0.25) is 9.69 Å². The van der Waals surface area contributed by atoms with Crippen LogP contribution in [0.25, 0.3) is 0 Å². The second kappa shape index (κ2) is 28.7. The van der Waals surface area contributed by atoms with Gasteiger partial charge in [-0.2, -0.15) is 0 Å². The number of aryl methyl sites for hydroxylation is 1. The maximum absolute atomic E-state index is 12.3. The molecule has 0 spiro atoms. The number of carbonyl (C=O) groups is 1. The number of aliphatic hydroxyl groups is 1. The highest BCUT2D eigenvalue weighted by atomic mass is 16.5. The summed E-state index contributed by atoms with van der Waals surface area (Å²) in [5, 5.41) is 9.11. The molecule has 0 aliphatic carbocycles. The minimum atomic E-state index is -0.180. The summed E-state index contributed by atoms with van der Waals surface area (Å²) in [6.45, 7) is 13.5. The smallest absolute Gasteiger partial charge is 0.306 e. The molecule has 1 aromatic carbocycles. The first-order valence-corrected chi connectivity index (χ1v) is 20.0. The molecule has 0 bridgehead atoms. The number of nitrogens with zero attached hydrogens (tertiary/aromatic N) is 2. The Morgan fingerprint density at radius 2 is 1.38 bits per heavy atom. The molecule has 1 aliphatic heterocycles. The number of hydrogen-bond donors (Lipinski definition) is 1. The van der Waals surface area contributed by atoms with Gasteiger partial charge >= 0.3 is 5.97 Å². The first-order valence-electron chi connectivity index (χ1n) is 20.0. The van der Waals surface area contributed by atoms with Gasteiger partial charge in [0.2, 0.25) is 0 Å². The molecule has 6 heteroatoms. The summed E-state index contributed by atoms with van der Waals surface area (Å²) in [5.74, 6) is 7.65. The van der Waals surface area contributed by atoms with Gasteiger partial charge in [-0.15, -0.1) is 0 Å². The quantitative estimate of drug-likeness (QED) is 0.0546. The van der Waals surface area contributed by atoms with Crippen molar-refractivity contribution in [2.45, 2.75) is 149 Å². The lowest BCUT2D eigenvalue weighted by molar-refractivity contribution is -0.142. The van der Waals surface area contributed by atoms with Crippen LogP contribution in [-0.4, -0.2) is 80.0 Å². The van der Waals surface area contributed by atoms with E-state index >= 15 is 0 Å². The van der Waals surface area contributed by atoms with Gasteiger partial charge in [0.15, 0.2) is 6.61 Å². The molecule has 1 saturated heterocycles. The van der Waals surface area contributed by atoms with E-state index < -0.39 is 0 Å². The second-order valence-corrected chi connectivity index (χ2v) is 14.1. The van der Waals surface area contributed by atoms with Gasteiger partial charge in [-0.1, -0.05) is 129 Å². The Morgan fingerprint density at radius 1 is 0.771 bits per heavy atom. The van der Waals surface area contributed by atoms with Crippen molar-refractivity contribution in [2.24, 2.45) is 5.92 Å². The maximum Gasteiger partial charge on any atom is 0.306 e. The number of β-amino-alcohol motifs (C(OH)–C–C–N with tert-alkyl or cyclic N) is 1. The first kappa shape index (κ1) is 42.1. The van der Waals surface area contributed by atoms with Crippen molar-refractivity contribution in [1.82, 2.24) is 9.80 Å². The largest absolute Gasteiger partial charge is 0.493 e. The van der Waals surface area contributed by atoms with Crippen LogP contribution in [0.3, 0.4) is 0 Å². The number of unbranched alkanes of at least 4 members (excludes halogenated alkanes) is 13. The maximum atomic E-state index is 12.3. The molecular weight excluding hydrogens is 596 g/mol. The highest BCUT2D eigenvalue weighted by molar-refractivity contribution is 5.69. The molecule has 1 fully saturated rings. The molecule has 1 aliphatic rings. The molecule has 1 aromatic rings. The number of benzene rings is 1. The molecule has 48 heavy (non-hydrogen) atoms. The van der Waals surface area contributed by atoms with E-state index in [1.165, 1.54) is 108 Å². The van der Waals surface area contributed by atoms with Crippen LogP contribution in [0.5, 0.6) is 5.75 Å². The number of esters is 1. The van der Waals surface area contributed by atoms with Gasteiger partial charge in [-0.25, -0.2) is 0 Å². The number of piperazine rings is 1. The van der Waals surface area contributed by atoms with Crippen LogP contribution in [0.1, 0.15) is 154 Å². The molecule has 0 saturated carbocycles. The Bertz CT molecular complexity index is 995. The predicted molar refractivity (Wildman–Crippen MR) is 202 cm³/mol. The molecule has 1 unspecified atom stereocenters. The van der Waals surface area contributed by atoms with E-state index in [-0.39, 0.29) is 19.2 Å². The summed E-state index contributed by atoms with van der Waals surface area (Å²) < 4.78 is 11.8. The van der Waals surface area contributed by atoms with Gasteiger partial charge in [0.1, 0.15) is 5.75 Å². The van der Waals surface area contributed by atoms with Gasteiger partial charge in [-0.05, 0) is 61.9 Å². The van der Waals surface area contributed by atoms with Gasteiger partial charge in [0, 0.05) is 44.7 Å². The van der Waals surface area contributed by atoms with Crippen molar-refractivity contribution in [3.63, 3.8) is 0 Å². The summed E-state index contributed by atoms with van der Waals surface area (Å²) in [6.07, 6.45) is 24.8. The molecule has 0 amide bonds. The summed E-state index contributed by atoms with van der Waals surface area (Å²) in [4.78, 5) is 17.0. The zero-order valence-corrected chi connectivity index (χ0v) is 31.4. The number of carbonyl (C=O) groups excluding carboxylic acids is 1. The number of ether oxygens (including phenoxy) is 2. The lowest BCUT2D eigenvalue weighted by Crippen LogP contribution is -2.47. The third-order valence-electron chi connectivity index (χ3n) is 9.84. The fourth-order valence-corrected chi connectivity index (χ4v) is 6.57. The van der Waals surface area contributed by atoms with E-state index in [4.69, 9.17) is 14.6 Å². The lowest BCUT2D eigenvalue weighted by atomic mass is 10.0. The Morgan fingerprint density at radius 3 is 1.98 bits per heavy atom. The van der Waals surface area contributed by atoms with Crippen molar-refractivity contribution in [3.05, 3.63) is 29.3 Å². The van der Waals surface area contributed by atoms with Crippen molar-refractivity contribution < 1.29 is 19.4 Å². The van der Waals surface area contributed by atoms with Crippen molar-refractivity contribution in [3.8, 4) is 17.6 Å². The fraction of sp³-hybridized carbons (Fsp3) is 0.786. The van der Waals surface area contributed by atoms with Crippen LogP contribution in [0.4, 0.5) is 0 Å². The number of rotatable bonds is 28. The fourth-order valence-electron chi connectivity index (χ4n) is 6.57. The predicted octanol–water partition coefficient (Wildman–Crippen LogP) is 9.20. The minimum absolute atomic E-state index is 0.118. The minimum Gasteiger partial charge on any atom is -0.493 e. The molecule has 1 heterocycles. The van der Waals surface area contributed by atoms with Crippen LogP contribution in [0.15, 0.2) is 18.2 Å². The molecule has 1 atom stereocenters. The molecule has 274 valence electrons. The van der Waals surface area contributed by atoms with E-state index in [0.29, 0.717) is 12.3 Å². The molecule has 2 rings (SSSR count). The van der Waals surface area contributed by atoms with Crippen LogP contribution in [0, 0.1) is 17.8 Å². The molecule has 0 aromatic heterocycles. The van der Waals surface area contributed by atoms with E-state index in [2.05, 4.69) is 60.6 Å². The molecular formula is C42H72N2O4. The Balaban J connectivity index is 1.76. The third-order valence-corrected chi connectivity index (χ3v) is 9.84. The van der Waals surface area contributed by atoms with E-state index in [9.17, 15) is 4.79 Å². The second-order valence-electron chi connectivity index (χ2n) is 14.1. The zero-order valence-electron chi connectivity index (χ0n) is 31.4. The van der Waals surface area contributed by atoms with E-state index in [1.807, 2.05) is 0 Å². The highest BCUT2D eigenvalue weighted by Crippen LogP contribution is 2.22. The Hall–Kier alpha value is -2.07. The van der Waals surface area contributed by atoms with E-state index in [1.54, 1.807) is 0 Å². The average Bonchev–Trinajstić information content (AvgIpc) is 3.09. The van der Waals surface area contributed by atoms with Gasteiger partial charge < -0.3 is 19.5 Å². The summed E-state index contributed by atoms with van der Waals surface area (Å²) in [6, 6.07) is 6.45. The monoisotopic (exact) mass is 669 g/mol. The third kappa shape index (κ3) is 21.1. The summed E-state index contributed by atoms with van der Waals surface area (Å²) in [5.41, 5.74) is 2.23. The average molecular weight is 669 g/mol. The zero-order chi connectivity index (χ0) is 34.5. The van der Waals surface area contributed by atoms with Crippen LogP contribution >= 0.6 is 0 Å². The highest BCUT2D eigenvalue weighted by Gasteiger charge is 2.16. The number of aliphatic hydroxyl groups excluding tert-OH is 1. The summed E-state index contributed by atoms with van der Waals surface area (Å²) >= 11 is 0. The van der Waals surface area contributed by atoms with Gasteiger partial charge in [0.05, 0.1) is 13.2 Å². The van der Waals surface area contributed by atoms with Crippen LogP contribution in [0.2, 0.25) is 0 Å². The molecule has 6 nitrogen and oxygen atoms in total. The number of hydrogen-bond acceptors (Lipinski definition) is 6. The van der Waals surface area contributed by atoms with Crippen molar-refractivity contribution >= 4 is 5.97 Å². The first-order chi connectivity index (χ1) is 23.6. The molecule has 1 N–H and O–H groups in total. The Labute approximate surface area is 295 Å². The Kier molecular flexibility index (Phi) is 25.2. The topological polar surface area (TPSA) is 62.2 Å². The van der Waals surface area contributed by atoms with Crippen LogP contribution < -0.4 is 4.74 Å². The molecule has 0 radical (unpaired) electrons.